The second-order valence-electron chi connectivity index (χ2n) is 4.54. The van der Waals surface area contributed by atoms with Crippen molar-refractivity contribution in [3.8, 4) is 17.6 Å². The van der Waals surface area contributed by atoms with Gasteiger partial charge in [-0.25, -0.2) is 0 Å². The van der Waals surface area contributed by atoms with Crippen LogP contribution in [0.4, 0.5) is 0 Å². The summed E-state index contributed by atoms with van der Waals surface area (Å²) in [7, 11) is 1.62. The number of hydrogen-bond acceptors (Lipinski definition) is 3. The molecule has 0 aliphatic rings. The van der Waals surface area contributed by atoms with E-state index in [2.05, 4.69) is 18.8 Å². The number of unbranched alkanes of at least 4 members (excludes halogenated alkanes) is 3. The van der Waals surface area contributed by atoms with Crippen LogP contribution in [0.25, 0.3) is 0 Å². The SMILES string of the molecule is CCCCCC#CC(OC(C)=O)c1ccc(OC)cc1. The maximum absolute atomic E-state index is 11.2. The van der Waals surface area contributed by atoms with E-state index in [4.69, 9.17) is 9.47 Å². The van der Waals surface area contributed by atoms with Gasteiger partial charge in [-0.2, -0.15) is 0 Å². The lowest BCUT2D eigenvalue weighted by Gasteiger charge is -2.11. The molecule has 0 aliphatic heterocycles. The second-order valence-corrected chi connectivity index (χ2v) is 4.54. The molecule has 1 aromatic rings. The van der Waals surface area contributed by atoms with E-state index >= 15 is 0 Å². The Kier molecular flexibility index (Phi) is 7.27. The minimum atomic E-state index is -0.500. The van der Waals surface area contributed by atoms with Crippen molar-refractivity contribution in [1.82, 2.24) is 0 Å². The van der Waals surface area contributed by atoms with Crippen LogP contribution in [-0.4, -0.2) is 13.1 Å². The predicted octanol–water partition coefficient (Wildman–Crippen LogP) is 3.88. The van der Waals surface area contributed by atoms with E-state index in [0.29, 0.717) is 0 Å². The van der Waals surface area contributed by atoms with Crippen molar-refractivity contribution in [3.63, 3.8) is 0 Å². The summed E-state index contributed by atoms with van der Waals surface area (Å²) in [5.41, 5.74) is 0.865. The first-order valence-electron chi connectivity index (χ1n) is 6.97. The Hall–Kier alpha value is -1.95. The highest BCUT2D eigenvalue weighted by Crippen LogP contribution is 2.20. The molecule has 0 aromatic heterocycles. The zero-order valence-corrected chi connectivity index (χ0v) is 12.4. The van der Waals surface area contributed by atoms with Gasteiger partial charge in [0.05, 0.1) is 7.11 Å². The minimum Gasteiger partial charge on any atom is -0.497 e. The number of rotatable bonds is 6. The number of carbonyl (C=O) groups excluding carboxylic acids is 1. The van der Waals surface area contributed by atoms with Crippen molar-refractivity contribution < 1.29 is 14.3 Å². The average Bonchev–Trinajstić information content (AvgIpc) is 2.45. The van der Waals surface area contributed by atoms with Crippen LogP contribution in [0.2, 0.25) is 0 Å². The quantitative estimate of drug-likeness (QED) is 0.448. The number of benzene rings is 1. The van der Waals surface area contributed by atoms with E-state index in [9.17, 15) is 4.79 Å². The standard InChI is InChI=1S/C17H22O3/c1-4-5-6-7-8-9-17(20-14(2)18)15-10-12-16(19-3)13-11-15/h10-13,17H,4-7H2,1-3H3. The van der Waals surface area contributed by atoms with E-state index in [1.54, 1.807) is 7.11 Å². The number of methoxy groups -OCH3 is 1. The number of hydrogen-bond donors (Lipinski definition) is 0. The fourth-order valence-corrected chi connectivity index (χ4v) is 1.75. The number of carbonyl (C=O) groups is 1. The summed E-state index contributed by atoms with van der Waals surface area (Å²) in [5.74, 6) is 6.57. The van der Waals surface area contributed by atoms with Crippen LogP contribution in [0.1, 0.15) is 51.2 Å². The van der Waals surface area contributed by atoms with Gasteiger partial charge in [0.15, 0.2) is 6.10 Å². The summed E-state index contributed by atoms with van der Waals surface area (Å²) in [5, 5.41) is 0. The van der Waals surface area contributed by atoms with Gasteiger partial charge in [-0.15, -0.1) is 0 Å². The molecule has 0 radical (unpaired) electrons. The van der Waals surface area contributed by atoms with Gasteiger partial charge in [0, 0.05) is 18.9 Å². The summed E-state index contributed by atoms with van der Waals surface area (Å²) in [6, 6.07) is 7.41. The van der Waals surface area contributed by atoms with E-state index in [-0.39, 0.29) is 5.97 Å². The lowest BCUT2D eigenvalue weighted by molar-refractivity contribution is -0.144. The summed E-state index contributed by atoms with van der Waals surface area (Å²) >= 11 is 0. The highest BCUT2D eigenvalue weighted by Gasteiger charge is 2.11. The Morgan fingerprint density at radius 2 is 1.95 bits per heavy atom. The Morgan fingerprint density at radius 3 is 2.50 bits per heavy atom. The van der Waals surface area contributed by atoms with Crippen LogP contribution >= 0.6 is 0 Å². The van der Waals surface area contributed by atoms with E-state index < -0.39 is 6.10 Å². The molecular formula is C17H22O3. The lowest BCUT2D eigenvalue weighted by Crippen LogP contribution is -2.06. The minimum absolute atomic E-state index is 0.325. The van der Waals surface area contributed by atoms with Crippen LogP contribution < -0.4 is 4.74 Å². The van der Waals surface area contributed by atoms with Crippen LogP contribution in [0.15, 0.2) is 24.3 Å². The molecule has 1 atom stereocenters. The van der Waals surface area contributed by atoms with Crippen molar-refractivity contribution in [2.24, 2.45) is 0 Å². The molecule has 0 N–H and O–H groups in total. The first kappa shape index (κ1) is 16.1. The van der Waals surface area contributed by atoms with Crippen molar-refractivity contribution in [3.05, 3.63) is 29.8 Å². The monoisotopic (exact) mass is 274 g/mol. The Labute approximate surface area is 121 Å². The van der Waals surface area contributed by atoms with Gasteiger partial charge in [-0.1, -0.05) is 43.7 Å². The number of ether oxygens (including phenoxy) is 2. The van der Waals surface area contributed by atoms with Crippen molar-refractivity contribution in [1.29, 1.82) is 0 Å². The average molecular weight is 274 g/mol. The molecule has 0 saturated heterocycles. The van der Waals surface area contributed by atoms with Gasteiger partial charge in [-0.3, -0.25) is 4.79 Å². The maximum Gasteiger partial charge on any atom is 0.304 e. The summed E-state index contributed by atoms with van der Waals surface area (Å²) in [4.78, 5) is 11.2. The zero-order valence-electron chi connectivity index (χ0n) is 12.4. The molecule has 0 bridgehead atoms. The van der Waals surface area contributed by atoms with Gasteiger partial charge in [-0.05, 0) is 18.6 Å². The molecule has 3 nitrogen and oxygen atoms in total. The molecule has 3 heteroatoms. The molecule has 0 heterocycles. The summed E-state index contributed by atoms with van der Waals surface area (Å²) in [6.07, 6.45) is 3.77. The van der Waals surface area contributed by atoms with Crippen LogP contribution in [0.3, 0.4) is 0 Å². The van der Waals surface area contributed by atoms with E-state index in [0.717, 1.165) is 24.2 Å². The van der Waals surface area contributed by atoms with E-state index in [1.807, 2.05) is 24.3 Å². The molecule has 108 valence electrons. The van der Waals surface area contributed by atoms with Crippen LogP contribution in [0.5, 0.6) is 5.75 Å². The van der Waals surface area contributed by atoms with Gasteiger partial charge >= 0.3 is 5.97 Å². The fraction of sp³-hybridized carbons (Fsp3) is 0.471. The molecule has 0 amide bonds. The Bertz CT molecular complexity index is 465. The molecule has 0 fully saturated rings. The van der Waals surface area contributed by atoms with Gasteiger partial charge in [0.25, 0.3) is 0 Å². The van der Waals surface area contributed by atoms with Crippen LogP contribution in [-0.2, 0) is 9.53 Å². The number of esters is 1. The largest absolute Gasteiger partial charge is 0.497 e. The third-order valence-electron chi connectivity index (χ3n) is 2.84. The molecule has 1 unspecified atom stereocenters. The molecule has 20 heavy (non-hydrogen) atoms. The van der Waals surface area contributed by atoms with Crippen LogP contribution in [0, 0.1) is 11.8 Å². The lowest BCUT2D eigenvalue weighted by atomic mass is 10.1. The molecule has 0 saturated carbocycles. The molecule has 1 aromatic carbocycles. The molecule has 0 spiro atoms. The van der Waals surface area contributed by atoms with Crippen molar-refractivity contribution in [2.75, 3.05) is 7.11 Å². The second kappa shape index (κ2) is 9.03. The fourth-order valence-electron chi connectivity index (χ4n) is 1.75. The van der Waals surface area contributed by atoms with Gasteiger partial charge in [0.2, 0.25) is 0 Å². The third kappa shape index (κ3) is 5.79. The summed E-state index contributed by atoms with van der Waals surface area (Å²) < 4.78 is 10.4. The Morgan fingerprint density at radius 1 is 1.25 bits per heavy atom. The van der Waals surface area contributed by atoms with Gasteiger partial charge in [0.1, 0.15) is 5.75 Å². The van der Waals surface area contributed by atoms with Crippen molar-refractivity contribution in [2.45, 2.75) is 45.6 Å². The Balaban J connectivity index is 2.74. The zero-order chi connectivity index (χ0) is 14.8. The maximum atomic E-state index is 11.2. The first-order chi connectivity index (χ1) is 9.67. The third-order valence-corrected chi connectivity index (χ3v) is 2.84. The van der Waals surface area contributed by atoms with Gasteiger partial charge < -0.3 is 9.47 Å². The molecular weight excluding hydrogens is 252 g/mol. The molecule has 0 aliphatic carbocycles. The molecule has 1 rings (SSSR count). The highest BCUT2D eigenvalue weighted by atomic mass is 16.5. The van der Waals surface area contributed by atoms with E-state index in [1.165, 1.54) is 19.8 Å². The highest BCUT2D eigenvalue weighted by molar-refractivity contribution is 5.66. The predicted molar refractivity (Wildman–Crippen MR) is 79.4 cm³/mol. The first-order valence-corrected chi connectivity index (χ1v) is 6.97. The topological polar surface area (TPSA) is 35.5 Å². The van der Waals surface area contributed by atoms with Crippen molar-refractivity contribution >= 4 is 5.97 Å². The summed E-state index contributed by atoms with van der Waals surface area (Å²) in [6.45, 7) is 3.56. The smallest absolute Gasteiger partial charge is 0.304 e. The normalized spacial score (nSPS) is 11.2.